The largest absolute Gasteiger partial charge is 0.493 e. The lowest BCUT2D eigenvalue weighted by Gasteiger charge is -2.17. The van der Waals surface area contributed by atoms with Gasteiger partial charge in [-0.3, -0.25) is 4.79 Å². The normalized spacial score (nSPS) is 20.3. The van der Waals surface area contributed by atoms with Crippen molar-refractivity contribution in [1.82, 2.24) is 10.3 Å². The predicted molar refractivity (Wildman–Crippen MR) is 98.1 cm³/mol. The zero-order valence-electron chi connectivity index (χ0n) is 14.8. The SMILES string of the molecule is CCCOc1c(Br)cc(/C=N\N2C(=O)N[C@@](C)(CC)C2=O)cc1OC. The van der Waals surface area contributed by atoms with Gasteiger partial charge in [0.2, 0.25) is 0 Å². The smallest absolute Gasteiger partial charge is 0.346 e. The van der Waals surface area contributed by atoms with Crippen LogP contribution < -0.4 is 14.8 Å². The van der Waals surface area contributed by atoms with Gasteiger partial charge in [0.25, 0.3) is 5.91 Å². The zero-order chi connectivity index (χ0) is 18.6. The molecule has 3 amide bonds. The maximum absolute atomic E-state index is 12.3. The number of nitrogens with zero attached hydrogens (tertiary/aromatic N) is 2. The first kappa shape index (κ1) is 19.2. The van der Waals surface area contributed by atoms with Crippen molar-refractivity contribution in [3.8, 4) is 11.5 Å². The van der Waals surface area contributed by atoms with Crippen molar-refractivity contribution in [2.24, 2.45) is 5.10 Å². The molecule has 1 aromatic rings. The minimum absolute atomic E-state index is 0.370. The van der Waals surface area contributed by atoms with E-state index in [2.05, 4.69) is 26.3 Å². The van der Waals surface area contributed by atoms with Gasteiger partial charge in [0.1, 0.15) is 5.54 Å². The van der Waals surface area contributed by atoms with Crippen molar-refractivity contribution in [2.75, 3.05) is 13.7 Å². The molecule has 0 saturated carbocycles. The van der Waals surface area contributed by atoms with Gasteiger partial charge in [0.05, 0.1) is 24.4 Å². The fourth-order valence-corrected chi connectivity index (χ4v) is 2.87. The molecule has 1 atom stereocenters. The number of hydrazone groups is 1. The summed E-state index contributed by atoms with van der Waals surface area (Å²) < 4.78 is 11.7. The highest BCUT2D eigenvalue weighted by Gasteiger charge is 2.46. The summed E-state index contributed by atoms with van der Waals surface area (Å²) in [4.78, 5) is 24.3. The van der Waals surface area contributed by atoms with Crippen LogP contribution in [-0.4, -0.2) is 42.4 Å². The Morgan fingerprint density at radius 2 is 2.08 bits per heavy atom. The topological polar surface area (TPSA) is 80.2 Å². The van der Waals surface area contributed by atoms with E-state index >= 15 is 0 Å². The van der Waals surface area contributed by atoms with Gasteiger partial charge in [-0.1, -0.05) is 13.8 Å². The number of carbonyl (C=O) groups is 2. The van der Waals surface area contributed by atoms with Crippen molar-refractivity contribution >= 4 is 34.1 Å². The Morgan fingerprint density at radius 1 is 1.36 bits per heavy atom. The molecule has 0 aliphatic carbocycles. The fourth-order valence-electron chi connectivity index (χ4n) is 2.30. The van der Waals surface area contributed by atoms with E-state index in [-0.39, 0.29) is 5.91 Å². The highest BCUT2D eigenvalue weighted by Crippen LogP contribution is 2.36. The van der Waals surface area contributed by atoms with E-state index in [4.69, 9.17) is 9.47 Å². The first-order valence-electron chi connectivity index (χ1n) is 8.07. The molecule has 1 heterocycles. The molecule has 7 nitrogen and oxygen atoms in total. The molecule has 0 unspecified atom stereocenters. The van der Waals surface area contributed by atoms with Crippen LogP contribution in [0.3, 0.4) is 0 Å². The number of hydrogen-bond donors (Lipinski definition) is 1. The van der Waals surface area contributed by atoms with Gasteiger partial charge in [0.15, 0.2) is 11.5 Å². The monoisotopic (exact) mass is 411 g/mol. The molecule has 25 heavy (non-hydrogen) atoms. The Morgan fingerprint density at radius 3 is 2.64 bits per heavy atom. The minimum Gasteiger partial charge on any atom is -0.493 e. The van der Waals surface area contributed by atoms with Gasteiger partial charge in [-0.15, -0.1) is 5.01 Å². The van der Waals surface area contributed by atoms with Crippen LogP contribution in [0, 0.1) is 0 Å². The quantitative estimate of drug-likeness (QED) is 0.551. The summed E-state index contributed by atoms with van der Waals surface area (Å²) in [5, 5.41) is 7.54. The van der Waals surface area contributed by atoms with E-state index in [1.165, 1.54) is 6.21 Å². The van der Waals surface area contributed by atoms with Crippen molar-refractivity contribution in [3.63, 3.8) is 0 Å². The molecule has 1 N–H and O–H groups in total. The number of halogens is 1. The Hall–Kier alpha value is -2.09. The van der Waals surface area contributed by atoms with Crippen LogP contribution in [0.5, 0.6) is 11.5 Å². The Labute approximate surface area is 155 Å². The number of hydrogen-bond acceptors (Lipinski definition) is 5. The molecule has 2 rings (SSSR count). The Kier molecular flexibility index (Phi) is 6.05. The molecule has 1 fully saturated rings. The Balaban J connectivity index is 2.25. The number of carbonyl (C=O) groups excluding carboxylic acids is 2. The lowest BCUT2D eigenvalue weighted by Crippen LogP contribution is -2.42. The number of imide groups is 1. The number of urea groups is 1. The molecule has 136 valence electrons. The second-order valence-corrected chi connectivity index (χ2v) is 6.71. The zero-order valence-corrected chi connectivity index (χ0v) is 16.3. The number of benzene rings is 1. The summed E-state index contributed by atoms with van der Waals surface area (Å²) in [7, 11) is 1.55. The van der Waals surface area contributed by atoms with Crippen molar-refractivity contribution in [2.45, 2.75) is 39.2 Å². The predicted octanol–water partition coefficient (Wildman–Crippen LogP) is 3.30. The number of amides is 3. The number of rotatable bonds is 7. The molecule has 0 spiro atoms. The molecule has 0 bridgehead atoms. The lowest BCUT2D eigenvalue weighted by molar-refractivity contribution is -0.130. The van der Waals surface area contributed by atoms with Crippen LogP contribution in [0.15, 0.2) is 21.7 Å². The first-order chi connectivity index (χ1) is 11.9. The van der Waals surface area contributed by atoms with Crippen LogP contribution in [0.2, 0.25) is 0 Å². The minimum atomic E-state index is -0.912. The van der Waals surface area contributed by atoms with Crippen LogP contribution in [-0.2, 0) is 4.79 Å². The van der Waals surface area contributed by atoms with Gasteiger partial charge in [-0.05, 0) is 53.4 Å². The Bertz CT molecular complexity index is 707. The standard InChI is InChI=1S/C17H22BrN3O4/c1-5-7-25-14-12(18)8-11(9-13(14)24-4)10-19-21-15(22)17(3,6-2)20-16(21)23/h8-10H,5-7H2,1-4H3,(H,20,23)/b19-10-/t17-/m0/s1. The molecule has 1 aliphatic rings. The third kappa shape index (κ3) is 3.95. The van der Waals surface area contributed by atoms with Crippen molar-refractivity contribution in [1.29, 1.82) is 0 Å². The van der Waals surface area contributed by atoms with E-state index in [1.807, 2.05) is 13.8 Å². The maximum atomic E-state index is 12.3. The summed E-state index contributed by atoms with van der Waals surface area (Å²) in [6.45, 7) is 6.11. The van der Waals surface area contributed by atoms with Gasteiger partial charge < -0.3 is 14.8 Å². The molecule has 0 aromatic heterocycles. The molecular weight excluding hydrogens is 390 g/mol. The third-order valence-electron chi connectivity index (χ3n) is 3.97. The average Bonchev–Trinajstić information content (AvgIpc) is 2.81. The molecule has 1 aliphatic heterocycles. The van der Waals surface area contributed by atoms with E-state index in [1.54, 1.807) is 26.2 Å². The highest BCUT2D eigenvalue weighted by molar-refractivity contribution is 9.10. The lowest BCUT2D eigenvalue weighted by atomic mass is 10.00. The van der Waals surface area contributed by atoms with E-state index in [0.29, 0.717) is 34.6 Å². The van der Waals surface area contributed by atoms with E-state index in [9.17, 15) is 9.59 Å². The van der Waals surface area contributed by atoms with Gasteiger partial charge in [-0.2, -0.15) is 5.10 Å². The number of ether oxygens (including phenoxy) is 2. The highest BCUT2D eigenvalue weighted by atomic mass is 79.9. The molecule has 8 heteroatoms. The van der Waals surface area contributed by atoms with Crippen LogP contribution in [0.25, 0.3) is 0 Å². The number of methoxy groups -OCH3 is 1. The molecule has 0 radical (unpaired) electrons. The van der Waals surface area contributed by atoms with Gasteiger partial charge >= 0.3 is 6.03 Å². The number of nitrogens with one attached hydrogen (secondary N) is 1. The van der Waals surface area contributed by atoms with E-state index in [0.717, 1.165) is 11.4 Å². The van der Waals surface area contributed by atoms with E-state index < -0.39 is 11.6 Å². The van der Waals surface area contributed by atoms with Gasteiger partial charge in [-0.25, -0.2) is 4.79 Å². The third-order valence-corrected chi connectivity index (χ3v) is 4.56. The molecule has 1 saturated heterocycles. The van der Waals surface area contributed by atoms with Crippen molar-refractivity contribution in [3.05, 3.63) is 22.2 Å². The maximum Gasteiger partial charge on any atom is 0.346 e. The summed E-state index contributed by atoms with van der Waals surface area (Å²) in [6.07, 6.45) is 2.81. The average molecular weight is 412 g/mol. The van der Waals surface area contributed by atoms with Crippen molar-refractivity contribution < 1.29 is 19.1 Å². The van der Waals surface area contributed by atoms with Crippen LogP contribution in [0.1, 0.15) is 39.2 Å². The fraction of sp³-hybridized carbons (Fsp3) is 0.471. The van der Waals surface area contributed by atoms with Crippen LogP contribution >= 0.6 is 15.9 Å². The summed E-state index contributed by atoms with van der Waals surface area (Å²) in [5.41, 5.74) is -0.247. The molecule has 1 aromatic carbocycles. The second kappa shape index (κ2) is 7.86. The summed E-state index contributed by atoms with van der Waals surface area (Å²) in [5.74, 6) is 0.778. The van der Waals surface area contributed by atoms with Gasteiger partial charge in [0, 0.05) is 0 Å². The second-order valence-electron chi connectivity index (χ2n) is 5.86. The summed E-state index contributed by atoms with van der Waals surface area (Å²) in [6, 6.07) is 2.99. The molecular formula is C17H22BrN3O4. The van der Waals surface area contributed by atoms with Crippen LogP contribution in [0.4, 0.5) is 4.79 Å². The first-order valence-corrected chi connectivity index (χ1v) is 8.86. The summed E-state index contributed by atoms with van der Waals surface area (Å²) >= 11 is 3.45.